The summed E-state index contributed by atoms with van der Waals surface area (Å²) >= 11 is 0. The van der Waals surface area contributed by atoms with Crippen LogP contribution in [0.25, 0.3) is 0 Å². The number of carbonyl (C=O) groups excluding carboxylic acids is 4. The van der Waals surface area contributed by atoms with Crippen LogP contribution < -0.4 is 0 Å². The molecule has 19 heteroatoms. The lowest BCUT2D eigenvalue weighted by atomic mass is 10.1. The van der Waals surface area contributed by atoms with Crippen molar-refractivity contribution in [2.45, 2.75) is 354 Å². The van der Waals surface area contributed by atoms with Crippen molar-refractivity contribution in [2.75, 3.05) is 39.6 Å². The molecule has 0 bridgehead atoms. The highest BCUT2D eigenvalue weighted by Gasteiger charge is 2.30. The lowest BCUT2D eigenvalue weighted by Crippen LogP contribution is -2.30. The molecular weight excluding hydrogens is 1310 g/mol. The predicted molar refractivity (Wildman–Crippen MR) is 409 cm³/mol. The van der Waals surface area contributed by atoms with Gasteiger partial charge in [-0.05, 0) is 135 Å². The van der Waals surface area contributed by atoms with Gasteiger partial charge in [-0.15, -0.1) is 0 Å². The second-order valence-corrected chi connectivity index (χ2v) is 29.3. The van der Waals surface area contributed by atoms with E-state index in [1.165, 1.54) is 96.3 Å². The minimum Gasteiger partial charge on any atom is -0.462 e. The van der Waals surface area contributed by atoms with E-state index < -0.39 is 97.5 Å². The largest absolute Gasteiger partial charge is 0.472 e. The molecule has 0 aliphatic heterocycles. The number of phosphoric acid groups is 2. The molecular formula is C81H142O17P2. The minimum atomic E-state index is -4.98. The minimum absolute atomic E-state index is 0.0737. The first kappa shape index (κ1) is 96.0. The number of phosphoric ester groups is 2. The highest BCUT2D eigenvalue weighted by molar-refractivity contribution is 7.47. The molecule has 0 aliphatic rings. The van der Waals surface area contributed by atoms with Crippen LogP contribution in [0, 0.1) is 0 Å². The molecule has 0 aliphatic carbocycles. The van der Waals surface area contributed by atoms with Crippen molar-refractivity contribution >= 4 is 39.5 Å². The number of aliphatic hydroxyl groups excluding tert-OH is 1. The van der Waals surface area contributed by atoms with Crippen LogP contribution in [-0.2, 0) is 65.4 Å². The molecule has 0 heterocycles. The van der Waals surface area contributed by atoms with Gasteiger partial charge in [-0.2, -0.15) is 0 Å². The third-order valence-corrected chi connectivity index (χ3v) is 18.5. The van der Waals surface area contributed by atoms with Gasteiger partial charge in [0.1, 0.15) is 19.3 Å². The van der Waals surface area contributed by atoms with Crippen LogP contribution in [-0.4, -0.2) is 96.7 Å². The zero-order chi connectivity index (χ0) is 73.2. The van der Waals surface area contributed by atoms with Crippen molar-refractivity contribution in [3.8, 4) is 0 Å². The number of ether oxygens (including phenoxy) is 4. The third kappa shape index (κ3) is 72.3. The molecule has 100 heavy (non-hydrogen) atoms. The first-order valence-electron chi connectivity index (χ1n) is 39.5. The van der Waals surface area contributed by atoms with E-state index >= 15 is 0 Å². The first-order chi connectivity index (χ1) is 48.7. The monoisotopic (exact) mass is 1450 g/mol. The van der Waals surface area contributed by atoms with Crippen molar-refractivity contribution in [2.24, 2.45) is 0 Å². The quantitative estimate of drug-likeness (QED) is 0.0128. The van der Waals surface area contributed by atoms with Crippen LogP contribution in [0.15, 0.2) is 97.2 Å². The van der Waals surface area contributed by atoms with Gasteiger partial charge in [-0.25, -0.2) is 9.13 Å². The Labute approximate surface area is 607 Å². The summed E-state index contributed by atoms with van der Waals surface area (Å²) in [6.45, 7) is 4.75. The van der Waals surface area contributed by atoms with E-state index in [1.807, 2.05) is 0 Å². The highest BCUT2D eigenvalue weighted by atomic mass is 31.2. The van der Waals surface area contributed by atoms with E-state index in [0.29, 0.717) is 25.7 Å². The Morgan fingerprint density at radius 1 is 0.290 bits per heavy atom. The summed E-state index contributed by atoms with van der Waals surface area (Å²) in [6.07, 6.45) is 76.6. The normalized spacial score (nSPS) is 14.4. The summed E-state index contributed by atoms with van der Waals surface area (Å²) in [5.74, 6) is -2.23. The Balaban J connectivity index is 5.40. The number of hydrogen-bond acceptors (Lipinski definition) is 15. The number of allylic oxidation sites excluding steroid dienone is 16. The Morgan fingerprint density at radius 2 is 0.520 bits per heavy atom. The summed E-state index contributed by atoms with van der Waals surface area (Å²) < 4.78 is 68.5. The molecule has 17 nitrogen and oxygen atoms in total. The maximum absolute atomic E-state index is 13.1. The SMILES string of the molecule is CCCCC/C=C\C/C=C\CCCCCCCC(=O)O[C@H](COC(=O)CCCCCCC/C=C\C=C/CCCCCC)COP(=O)(O)OC[C@H](O)COP(=O)(O)OC[C@@H](COC(=O)CCCCCCC/C=C\C=C/CCCCCC)OC(=O)CCCCCCC/C=C\C=C/CCCCCC. The molecule has 0 fully saturated rings. The molecule has 3 N–H and O–H groups in total. The molecule has 0 radical (unpaired) electrons. The summed E-state index contributed by atoms with van der Waals surface area (Å²) in [7, 11) is -9.97. The van der Waals surface area contributed by atoms with Gasteiger partial charge in [-0.1, -0.05) is 273 Å². The standard InChI is InChI=1S/C81H142O17P2/c1-5-9-13-17-21-25-29-33-37-41-45-49-53-57-61-65-78(83)91-71-76(97-80(85)67-63-59-55-51-47-43-39-35-31-27-23-19-15-11-7-3)73-95-99(87,88)93-69-75(82)70-94-100(89,90)96-74-77(98-81(86)68-64-60-56-52-48-44-40-36-32-28-24-20-16-12-8-4)72-92-79(84)66-62-58-54-50-46-42-38-34-30-26-22-18-14-10-6-2/h23,25-30,32-40,75-77,82H,5-22,24,31,41-74H2,1-4H3,(H,87,88)(H,89,90)/b27-23-,29-25-,30-26-,32-28-,37-33-,38-34-,39-35-,40-36-/t75-,76+,77+/m0/s1. The first-order valence-corrected chi connectivity index (χ1v) is 42.5. The zero-order valence-electron chi connectivity index (χ0n) is 63.1. The van der Waals surface area contributed by atoms with E-state index in [1.54, 1.807) is 0 Å². The van der Waals surface area contributed by atoms with Crippen molar-refractivity contribution in [1.82, 2.24) is 0 Å². The third-order valence-electron chi connectivity index (χ3n) is 16.6. The number of aliphatic hydroxyl groups is 1. The summed E-state index contributed by atoms with van der Waals surface area (Å²) in [4.78, 5) is 72.9. The maximum atomic E-state index is 13.1. The Kier molecular flexibility index (Phi) is 70.4. The Morgan fingerprint density at radius 3 is 0.820 bits per heavy atom. The molecule has 578 valence electrons. The molecule has 0 saturated heterocycles. The van der Waals surface area contributed by atoms with Gasteiger partial charge >= 0.3 is 39.5 Å². The van der Waals surface area contributed by atoms with Crippen LogP contribution in [0.2, 0.25) is 0 Å². The highest BCUT2D eigenvalue weighted by Crippen LogP contribution is 2.45. The van der Waals surface area contributed by atoms with Gasteiger partial charge in [0.15, 0.2) is 12.2 Å². The summed E-state index contributed by atoms with van der Waals surface area (Å²) in [6, 6.07) is 0. The average Bonchev–Trinajstić information content (AvgIpc) is 1.25. The number of hydrogen-bond donors (Lipinski definition) is 3. The van der Waals surface area contributed by atoms with Gasteiger partial charge in [0.2, 0.25) is 0 Å². The molecule has 0 aromatic heterocycles. The molecule has 0 aromatic carbocycles. The second kappa shape index (κ2) is 73.3. The molecule has 2 unspecified atom stereocenters. The fourth-order valence-corrected chi connectivity index (χ4v) is 12.0. The fourth-order valence-electron chi connectivity index (χ4n) is 10.5. The maximum Gasteiger partial charge on any atom is 0.472 e. The van der Waals surface area contributed by atoms with E-state index in [4.69, 9.17) is 37.0 Å². The van der Waals surface area contributed by atoms with E-state index in [0.717, 1.165) is 161 Å². The zero-order valence-corrected chi connectivity index (χ0v) is 64.9. The summed E-state index contributed by atoms with van der Waals surface area (Å²) in [5.41, 5.74) is 0. The lowest BCUT2D eigenvalue weighted by Gasteiger charge is -2.21. The number of unbranched alkanes of at least 4 members (excludes halogenated alkanes) is 35. The number of rotatable bonds is 74. The van der Waals surface area contributed by atoms with Crippen LogP contribution in [0.3, 0.4) is 0 Å². The van der Waals surface area contributed by atoms with Crippen LogP contribution in [0.5, 0.6) is 0 Å². The van der Waals surface area contributed by atoms with Crippen molar-refractivity contribution in [3.05, 3.63) is 97.2 Å². The summed E-state index contributed by atoms with van der Waals surface area (Å²) in [5, 5.41) is 10.6. The number of carbonyl (C=O) groups is 4. The van der Waals surface area contributed by atoms with Crippen molar-refractivity contribution < 1.29 is 80.2 Å². The van der Waals surface area contributed by atoms with Gasteiger partial charge in [-0.3, -0.25) is 37.3 Å². The second-order valence-electron chi connectivity index (χ2n) is 26.4. The lowest BCUT2D eigenvalue weighted by molar-refractivity contribution is -0.161. The smallest absolute Gasteiger partial charge is 0.462 e. The molecule has 0 aromatic rings. The van der Waals surface area contributed by atoms with E-state index in [9.17, 15) is 43.2 Å². The topological polar surface area (TPSA) is 237 Å². The van der Waals surface area contributed by atoms with Crippen molar-refractivity contribution in [3.63, 3.8) is 0 Å². The number of esters is 4. The van der Waals surface area contributed by atoms with Gasteiger partial charge in [0.25, 0.3) is 0 Å². The van der Waals surface area contributed by atoms with Gasteiger partial charge in [0, 0.05) is 25.7 Å². The van der Waals surface area contributed by atoms with Crippen LogP contribution in [0.1, 0.15) is 336 Å². The van der Waals surface area contributed by atoms with Crippen LogP contribution in [0.4, 0.5) is 0 Å². The molecule has 0 amide bonds. The Bertz CT molecular complexity index is 2270. The van der Waals surface area contributed by atoms with Crippen LogP contribution >= 0.6 is 15.6 Å². The Hall–Kier alpha value is -4.02. The molecule has 0 saturated carbocycles. The van der Waals surface area contributed by atoms with Gasteiger partial charge < -0.3 is 33.8 Å². The van der Waals surface area contributed by atoms with E-state index in [-0.39, 0.29) is 25.7 Å². The molecule has 5 atom stereocenters. The van der Waals surface area contributed by atoms with Gasteiger partial charge in [0.05, 0.1) is 26.4 Å². The van der Waals surface area contributed by atoms with Crippen molar-refractivity contribution in [1.29, 1.82) is 0 Å². The van der Waals surface area contributed by atoms with E-state index in [2.05, 4.69) is 125 Å². The predicted octanol–water partition coefficient (Wildman–Crippen LogP) is 22.8. The molecule has 0 rings (SSSR count). The molecule has 0 spiro atoms. The fraction of sp³-hybridized carbons (Fsp3) is 0.753. The average molecular weight is 1450 g/mol.